The van der Waals surface area contributed by atoms with Crippen molar-refractivity contribution in [3.63, 3.8) is 0 Å². The van der Waals surface area contributed by atoms with E-state index in [1.54, 1.807) is 0 Å². The lowest BCUT2D eigenvalue weighted by Crippen LogP contribution is -2.25. The second-order valence-corrected chi connectivity index (χ2v) is 3.23. The van der Waals surface area contributed by atoms with Gasteiger partial charge in [-0.2, -0.15) is 0 Å². The summed E-state index contributed by atoms with van der Waals surface area (Å²) in [7, 11) is 0. The standard InChI is InChI=1S/C8H12O4/c9-7(10)5-1-2-6(4-3-5)8(11)12/h5-6H,1-4H2,(H,9,10)(H,11,12)/t5-,6+. The van der Waals surface area contributed by atoms with E-state index in [9.17, 15) is 9.59 Å². The molecule has 0 aromatic carbocycles. The van der Waals surface area contributed by atoms with Crippen LogP contribution in [-0.4, -0.2) is 22.2 Å². The van der Waals surface area contributed by atoms with Crippen molar-refractivity contribution in [3.8, 4) is 0 Å². The third-order valence-electron chi connectivity index (χ3n) is 2.43. The molecule has 0 saturated heterocycles. The van der Waals surface area contributed by atoms with Gasteiger partial charge in [0, 0.05) is 0 Å². The molecular formula is C8H12O4. The number of carboxylic acids is 2. The third kappa shape index (κ3) is 1.96. The minimum absolute atomic E-state index is 0.319. The molecule has 12 heavy (non-hydrogen) atoms. The van der Waals surface area contributed by atoms with Crippen LogP contribution >= 0.6 is 0 Å². The SMILES string of the molecule is O=C(O)[C@H]1CC[C@@H](C(=O)O)CC1. The first kappa shape index (κ1) is 9.03. The van der Waals surface area contributed by atoms with Crippen molar-refractivity contribution < 1.29 is 19.8 Å². The molecule has 1 saturated carbocycles. The second-order valence-electron chi connectivity index (χ2n) is 3.23. The van der Waals surface area contributed by atoms with E-state index < -0.39 is 11.9 Å². The van der Waals surface area contributed by atoms with E-state index in [1.807, 2.05) is 0 Å². The lowest BCUT2D eigenvalue weighted by atomic mass is 9.82. The molecule has 0 aromatic rings. The van der Waals surface area contributed by atoms with E-state index in [4.69, 9.17) is 10.2 Å². The first-order chi connectivity index (χ1) is 5.61. The zero-order valence-corrected chi connectivity index (χ0v) is 6.69. The van der Waals surface area contributed by atoms with Gasteiger partial charge in [-0.25, -0.2) is 0 Å². The first-order valence-electron chi connectivity index (χ1n) is 4.07. The monoisotopic (exact) mass is 172 g/mol. The Bertz CT molecular complexity index is 169. The molecule has 0 spiro atoms. The molecule has 1 rings (SSSR count). The van der Waals surface area contributed by atoms with E-state index in [0.717, 1.165) is 0 Å². The summed E-state index contributed by atoms with van der Waals surface area (Å²) in [6.45, 7) is 0. The summed E-state index contributed by atoms with van der Waals surface area (Å²) in [4.78, 5) is 21.0. The van der Waals surface area contributed by atoms with Crippen LogP contribution in [0.4, 0.5) is 0 Å². The zero-order chi connectivity index (χ0) is 9.14. The van der Waals surface area contributed by atoms with Crippen LogP contribution < -0.4 is 0 Å². The van der Waals surface area contributed by atoms with Crippen LogP contribution in [0.3, 0.4) is 0 Å². The van der Waals surface area contributed by atoms with Crippen molar-refractivity contribution in [2.24, 2.45) is 11.8 Å². The molecule has 2 N–H and O–H groups in total. The predicted octanol–water partition coefficient (Wildman–Crippen LogP) is 0.962. The Morgan fingerprint density at radius 1 is 0.833 bits per heavy atom. The van der Waals surface area contributed by atoms with Crippen molar-refractivity contribution in [2.45, 2.75) is 25.7 Å². The fraction of sp³-hybridized carbons (Fsp3) is 0.750. The molecule has 1 aliphatic carbocycles. The topological polar surface area (TPSA) is 74.6 Å². The normalized spacial score (nSPS) is 29.7. The maximum atomic E-state index is 10.5. The van der Waals surface area contributed by atoms with Crippen molar-refractivity contribution in [1.82, 2.24) is 0 Å². The largest absolute Gasteiger partial charge is 0.481 e. The summed E-state index contributed by atoms with van der Waals surface area (Å²) >= 11 is 0. The molecule has 4 nitrogen and oxygen atoms in total. The summed E-state index contributed by atoms with van der Waals surface area (Å²) in [6.07, 6.45) is 2.03. The van der Waals surface area contributed by atoms with Crippen LogP contribution in [-0.2, 0) is 9.59 Å². The number of rotatable bonds is 2. The van der Waals surface area contributed by atoms with E-state index >= 15 is 0 Å². The molecule has 0 aromatic heterocycles. The summed E-state index contributed by atoms with van der Waals surface area (Å²) in [5.74, 6) is -2.22. The smallest absolute Gasteiger partial charge is 0.306 e. The van der Waals surface area contributed by atoms with Crippen LogP contribution in [0.15, 0.2) is 0 Å². The fourth-order valence-electron chi connectivity index (χ4n) is 1.59. The number of carboxylic acid groups (broad SMARTS) is 2. The maximum absolute atomic E-state index is 10.5. The molecule has 68 valence electrons. The fourth-order valence-corrected chi connectivity index (χ4v) is 1.59. The van der Waals surface area contributed by atoms with Crippen LogP contribution in [0.2, 0.25) is 0 Å². The van der Waals surface area contributed by atoms with Crippen LogP contribution in [0.25, 0.3) is 0 Å². The van der Waals surface area contributed by atoms with Crippen molar-refractivity contribution in [1.29, 1.82) is 0 Å². The molecular weight excluding hydrogens is 160 g/mol. The van der Waals surface area contributed by atoms with Gasteiger partial charge in [-0.3, -0.25) is 9.59 Å². The summed E-state index contributed by atoms with van der Waals surface area (Å²) in [5.41, 5.74) is 0. The van der Waals surface area contributed by atoms with Crippen LogP contribution in [0.1, 0.15) is 25.7 Å². The average molecular weight is 172 g/mol. The van der Waals surface area contributed by atoms with Gasteiger partial charge in [-0.1, -0.05) is 0 Å². The van der Waals surface area contributed by atoms with Gasteiger partial charge in [-0.05, 0) is 25.7 Å². The Morgan fingerprint density at radius 2 is 1.08 bits per heavy atom. The van der Waals surface area contributed by atoms with Gasteiger partial charge in [0.05, 0.1) is 11.8 Å². The van der Waals surface area contributed by atoms with Gasteiger partial charge in [0.2, 0.25) is 0 Å². The maximum Gasteiger partial charge on any atom is 0.306 e. The Hall–Kier alpha value is -1.06. The number of hydrogen-bond donors (Lipinski definition) is 2. The van der Waals surface area contributed by atoms with Gasteiger partial charge in [0.1, 0.15) is 0 Å². The molecule has 1 aliphatic rings. The molecule has 1 fully saturated rings. The lowest BCUT2D eigenvalue weighted by Gasteiger charge is -2.22. The molecule has 0 atom stereocenters. The molecule has 0 bridgehead atoms. The Morgan fingerprint density at radius 3 is 1.25 bits per heavy atom. The van der Waals surface area contributed by atoms with E-state index in [2.05, 4.69) is 0 Å². The van der Waals surface area contributed by atoms with E-state index in [-0.39, 0.29) is 11.8 Å². The van der Waals surface area contributed by atoms with Crippen LogP contribution in [0.5, 0.6) is 0 Å². The lowest BCUT2D eigenvalue weighted by molar-refractivity contribution is -0.148. The second kappa shape index (κ2) is 3.56. The Kier molecular flexibility index (Phi) is 2.68. The minimum Gasteiger partial charge on any atom is -0.481 e. The molecule has 0 aliphatic heterocycles. The van der Waals surface area contributed by atoms with Gasteiger partial charge in [0.25, 0.3) is 0 Å². The molecule has 0 heterocycles. The third-order valence-corrected chi connectivity index (χ3v) is 2.43. The summed E-state index contributed by atoms with van der Waals surface area (Å²) in [5, 5.41) is 17.2. The highest BCUT2D eigenvalue weighted by molar-refractivity contribution is 5.72. The van der Waals surface area contributed by atoms with Crippen molar-refractivity contribution in [3.05, 3.63) is 0 Å². The predicted molar refractivity (Wildman–Crippen MR) is 40.7 cm³/mol. The highest BCUT2D eigenvalue weighted by Gasteiger charge is 2.29. The zero-order valence-electron chi connectivity index (χ0n) is 6.69. The van der Waals surface area contributed by atoms with E-state index in [1.165, 1.54) is 0 Å². The molecule has 0 radical (unpaired) electrons. The average Bonchev–Trinajstić information content (AvgIpc) is 2.04. The van der Waals surface area contributed by atoms with Gasteiger partial charge in [-0.15, -0.1) is 0 Å². The Balaban J connectivity index is 2.39. The van der Waals surface area contributed by atoms with E-state index in [0.29, 0.717) is 25.7 Å². The highest BCUT2D eigenvalue weighted by Crippen LogP contribution is 2.28. The first-order valence-corrected chi connectivity index (χ1v) is 4.07. The van der Waals surface area contributed by atoms with Crippen molar-refractivity contribution in [2.75, 3.05) is 0 Å². The number of carbonyl (C=O) groups is 2. The van der Waals surface area contributed by atoms with Crippen LogP contribution in [0, 0.1) is 11.8 Å². The number of hydrogen-bond acceptors (Lipinski definition) is 2. The quantitative estimate of drug-likeness (QED) is 0.650. The summed E-state index contributed by atoms with van der Waals surface area (Å²) in [6, 6.07) is 0. The van der Waals surface area contributed by atoms with Gasteiger partial charge in [0.15, 0.2) is 0 Å². The number of aliphatic carboxylic acids is 2. The molecule has 0 unspecified atom stereocenters. The highest BCUT2D eigenvalue weighted by atomic mass is 16.4. The molecule has 4 heteroatoms. The molecule has 0 amide bonds. The summed E-state index contributed by atoms with van der Waals surface area (Å²) < 4.78 is 0. The van der Waals surface area contributed by atoms with Gasteiger partial charge < -0.3 is 10.2 Å². The minimum atomic E-state index is -0.793. The van der Waals surface area contributed by atoms with Gasteiger partial charge >= 0.3 is 11.9 Å². The van der Waals surface area contributed by atoms with Crippen molar-refractivity contribution >= 4 is 11.9 Å². The Labute approximate surface area is 70.2 Å².